The first kappa shape index (κ1) is 10.9. The van der Waals surface area contributed by atoms with Gasteiger partial charge in [-0.3, -0.25) is 0 Å². The fourth-order valence-corrected chi connectivity index (χ4v) is 3.16. The minimum atomic E-state index is 0.807. The molecule has 0 amide bonds. The van der Waals surface area contributed by atoms with Crippen molar-refractivity contribution < 1.29 is 0 Å². The van der Waals surface area contributed by atoms with Gasteiger partial charge in [0.05, 0.1) is 4.34 Å². The fourth-order valence-electron chi connectivity index (χ4n) is 0.907. The van der Waals surface area contributed by atoms with Gasteiger partial charge in [-0.2, -0.15) is 0 Å². The van der Waals surface area contributed by atoms with Crippen molar-refractivity contribution in [2.24, 2.45) is 0 Å². The molecule has 0 saturated heterocycles. The Morgan fingerprint density at radius 1 is 1.46 bits per heavy atom. The summed E-state index contributed by atoms with van der Waals surface area (Å²) in [6.45, 7) is 11.7. The molecule has 1 aromatic heterocycles. The van der Waals surface area contributed by atoms with Crippen molar-refractivity contribution in [2.45, 2.75) is 18.7 Å². The highest BCUT2D eigenvalue weighted by Gasteiger charge is 2.08. The average Bonchev–Trinajstić information content (AvgIpc) is 2.29. The normalized spacial score (nSPS) is 10.1. The topological polar surface area (TPSA) is 0 Å². The predicted molar refractivity (Wildman–Crippen MR) is 64.7 cm³/mol. The summed E-state index contributed by atoms with van der Waals surface area (Å²) in [5.41, 5.74) is 1.06. The fraction of sp³-hybridized carbons (Fsp3) is 0.200. The Morgan fingerprint density at radius 3 is 2.54 bits per heavy atom. The van der Waals surface area contributed by atoms with Crippen LogP contribution in [0.2, 0.25) is 4.34 Å². The van der Waals surface area contributed by atoms with Gasteiger partial charge < -0.3 is 0 Å². The summed E-state index contributed by atoms with van der Waals surface area (Å²) in [5, 5.41) is 0. The molecule has 13 heavy (non-hydrogen) atoms. The molecule has 0 atom stereocenters. The van der Waals surface area contributed by atoms with Gasteiger partial charge in [-0.05, 0) is 30.4 Å². The summed E-state index contributed by atoms with van der Waals surface area (Å²) in [4.78, 5) is 3.39. The molecule has 0 spiro atoms. The Kier molecular flexibility index (Phi) is 3.65. The number of hydrogen-bond donors (Lipinski definition) is 0. The molecule has 0 aromatic carbocycles. The second kappa shape index (κ2) is 4.36. The van der Waals surface area contributed by atoms with Crippen LogP contribution in [0.4, 0.5) is 0 Å². The van der Waals surface area contributed by atoms with Crippen LogP contribution in [0.3, 0.4) is 0 Å². The van der Waals surface area contributed by atoms with Crippen molar-refractivity contribution in [1.29, 1.82) is 0 Å². The second-order valence-electron chi connectivity index (χ2n) is 2.83. The van der Waals surface area contributed by atoms with Crippen LogP contribution in [0.5, 0.6) is 0 Å². The van der Waals surface area contributed by atoms with Crippen molar-refractivity contribution in [1.82, 2.24) is 0 Å². The van der Waals surface area contributed by atoms with E-state index in [4.69, 9.17) is 11.6 Å². The van der Waals surface area contributed by atoms with Crippen LogP contribution in [0, 0.1) is 0 Å². The van der Waals surface area contributed by atoms with E-state index in [0.29, 0.717) is 0 Å². The highest BCUT2D eigenvalue weighted by molar-refractivity contribution is 8.03. The largest absolute Gasteiger partial charge is 0.123 e. The first-order valence-corrected chi connectivity index (χ1v) is 5.80. The van der Waals surface area contributed by atoms with Crippen molar-refractivity contribution in [3.8, 4) is 0 Å². The monoisotopic (exact) mass is 230 g/mol. The lowest BCUT2D eigenvalue weighted by Gasteiger charge is -2.00. The molecule has 0 fully saturated rings. The van der Waals surface area contributed by atoms with Gasteiger partial charge in [-0.1, -0.05) is 36.5 Å². The summed E-state index contributed by atoms with van der Waals surface area (Å²) < 4.78 is 0.807. The van der Waals surface area contributed by atoms with Gasteiger partial charge in [0.25, 0.3) is 0 Å². The summed E-state index contributed by atoms with van der Waals surface area (Å²) in [5.74, 6) is 0. The highest BCUT2D eigenvalue weighted by atomic mass is 35.5. The molecule has 0 N–H and O–H groups in total. The van der Waals surface area contributed by atoms with Gasteiger partial charge in [-0.15, -0.1) is 11.3 Å². The molecular weight excluding hydrogens is 220 g/mol. The third kappa shape index (κ3) is 2.90. The van der Waals surface area contributed by atoms with Crippen molar-refractivity contribution in [3.05, 3.63) is 33.3 Å². The van der Waals surface area contributed by atoms with Crippen LogP contribution in [-0.2, 0) is 0 Å². The van der Waals surface area contributed by atoms with Gasteiger partial charge in [-0.25, -0.2) is 0 Å². The lowest BCUT2D eigenvalue weighted by atomic mass is 10.3. The molecule has 0 nitrogen and oxygen atoms in total. The molecule has 0 unspecified atom stereocenters. The van der Waals surface area contributed by atoms with Crippen LogP contribution >= 0.6 is 34.7 Å². The molecule has 0 radical (unpaired) electrons. The summed E-state index contributed by atoms with van der Waals surface area (Å²) >= 11 is 9.14. The van der Waals surface area contributed by atoms with Crippen LogP contribution in [0.1, 0.15) is 18.7 Å². The van der Waals surface area contributed by atoms with Crippen molar-refractivity contribution in [2.75, 3.05) is 0 Å². The summed E-state index contributed by atoms with van der Waals surface area (Å²) in [7, 11) is 0. The lowest BCUT2D eigenvalue weighted by Crippen LogP contribution is -1.73. The Bertz CT molecular complexity index is 350. The van der Waals surface area contributed by atoms with Gasteiger partial charge >= 0.3 is 0 Å². The number of allylic oxidation sites excluding steroid dienone is 2. The van der Waals surface area contributed by atoms with E-state index < -0.39 is 0 Å². The van der Waals surface area contributed by atoms with Gasteiger partial charge in [0.2, 0.25) is 0 Å². The third-order valence-electron chi connectivity index (χ3n) is 1.34. The van der Waals surface area contributed by atoms with E-state index >= 15 is 0 Å². The average molecular weight is 231 g/mol. The first-order valence-electron chi connectivity index (χ1n) is 3.79. The minimum Gasteiger partial charge on any atom is -0.123 e. The number of rotatable bonds is 3. The van der Waals surface area contributed by atoms with E-state index in [9.17, 15) is 0 Å². The molecule has 3 heteroatoms. The summed E-state index contributed by atoms with van der Waals surface area (Å²) in [6, 6.07) is 1.97. The van der Waals surface area contributed by atoms with E-state index in [1.54, 1.807) is 23.1 Å². The van der Waals surface area contributed by atoms with Crippen molar-refractivity contribution in [3.63, 3.8) is 0 Å². The molecule has 0 aliphatic rings. The standard InChI is InChI=1S/C10H11ClS2/c1-6(2)10-8(12-7(3)4)5-9(11)13-10/h5H,1,3H2,2,4H3. The number of thiophene rings is 1. The SMILES string of the molecule is C=C(C)Sc1cc(Cl)sc1C(=C)C. The molecule has 0 aliphatic carbocycles. The summed E-state index contributed by atoms with van der Waals surface area (Å²) in [6.07, 6.45) is 0. The van der Waals surface area contributed by atoms with E-state index in [-0.39, 0.29) is 0 Å². The molecule has 1 rings (SSSR count). The Labute approximate surface area is 92.3 Å². The van der Waals surface area contributed by atoms with Crippen LogP contribution in [-0.4, -0.2) is 0 Å². The smallest absolute Gasteiger partial charge is 0.0946 e. The maximum Gasteiger partial charge on any atom is 0.0946 e. The molecule has 0 saturated carbocycles. The molecule has 0 bridgehead atoms. The zero-order valence-corrected chi connectivity index (χ0v) is 10.1. The van der Waals surface area contributed by atoms with Gasteiger partial charge in [0, 0.05) is 9.77 Å². The lowest BCUT2D eigenvalue weighted by molar-refractivity contribution is 1.50. The van der Waals surface area contributed by atoms with Gasteiger partial charge in [0.1, 0.15) is 0 Å². The molecule has 1 heterocycles. The van der Waals surface area contributed by atoms with Crippen LogP contribution in [0.15, 0.2) is 29.0 Å². The van der Waals surface area contributed by atoms with E-state index in [1.165, 1.54) is 0 Å². The Balaban J connectivity index is 3.04. The van der Waals surface area contributed by atoms with E-state index in [2.05, 4.69) is 13.2 Å². The minimum absolute atomic E-state index is 0.807. The molecular formula is C10H11ClS2. The quantitative estimate of drug-likeness (QED) is 0.654. The highest BCUT2D eigenvalue weighted by Crippen LogP contribution is 2.39. The first-order chi connectivity index (χ1) is 6.00. The van der Waals surface area contributed by atoms with E-state index in [0.717, 1.165) is 24.6 Å². The zero-order chi connectivity index (χ0) is 10.0. The van der Waals surface area contributed by atoms with Crippen LogP contribution in [0.25, 0.3) is 5.57 Å². The maximum absolute atomic E-state index is 5.93. The molecule has 1 aromatic rings. The van der Waals surface area contributed by atoms with Gasteiger partial charge in [0.15, 0.2) is 0 Å². The number of thioether (sulfide) groups is 1. The second-order valence-corrected chi connectivity index (χ2v) is 5.85. The maximum atomic E-state index is 5.93. The number of hydrogen-bond acceptors (Lipinski definition) is 2. The number of halogens is 1. The predicted octanol–water partition coefficient (Wildman–Crippen LogP) is 5.06. The van der Waals surface area contributed by atoms with Crippen molar-refractivity contribution >= 4 is 40.3 Å². The van der Waals surface area contributed by atoms with E-state index in [1.807, 2.05) is 19.9 Å². The van der Waals surface area contributed by atoms with Crippen LogP contribution < -0.4 is 0 Å². The Hall–Kier alpha value is -0.180. The Morgan fingerprint density at radius 2 is 2.08 bits per heavy atom. The molecule has 70 valence electrons. The third-order valence-corrected chi connectivity index (χ3v) is 3.79. The molecule has 0 aliphatic heterocycles. The zero-order valence-electron chi connectivity index (χ0n) is 7.69.